The van der Waals surface area contributed by atoms with Crippen molar-refractivity contribution >= 4 is 21.4 Å². The molecule has 0 aliphatic heterocycles. The first-order valence-corrected chi connectivity index (χ1v) is 7.24. The number of anilines is 1. The van der Waals surface area contributed by atoms with Gasteiger partial charge in [0.2, 0.25) is 5.43 Å². The molecule has 2 rings (SSSR count). The van der Waals surface area contributed by atoms with Crippen LogP contribution in [0.2, 0.25) is 0 Å². The van der Waals surface area contributed by atoms with Gasteiger partial charge in [-0.05, 0) is 12.5 Å². The fraction of sp³-hybridized carbons (Fsp3) is 0.0833. The summed E-state index contributed by atoms with van der Waals surface area (Å²) in [6.07, 6.45) is 2.36. The van der Waals surface area contributed by atoms with E-state index >= 15 is 0 Å². The highest BCUT2D eigenvalue weighted by molar-refractivity contribution is 7.92. The van der Waals surface area contributed by atoms with E-state index in [-0.39, 0.29) is 11.4 Å². The third kappa shape index (κ3) is 3.08. The van der Waals surface area contributed by atoms with Crippen LogP contribution in [0.1, 0.15) is 5.56 Å². The van der Waals surface area contributed by atoms with Crippen molar-refractivity contribution in [3.63, 3.8) is 0 Å². The molecule has 0 aliphatic rings. The van der Waals surface area contributed by atoms with Crippen LogP contribution in [0.25, 0.3) is 0 Å². The van der Waals surface area contributed by atoms with Crippen LogP contribution in [0, 0.1) is 17.0 Å². The maximum Gasteiger partial charge on any atom is 0.271 e. The number of nitrogens with zero attached hydrogens (tertiary/aromatic N) is 1. The van der Waals surface area contributed by atoms with Crippen molar-refractivity contribution in [3.8, 4) is 0 Å². The van der Waals surface area contributed by atoms with Gasteiger partial charge >= 0.3 is 0 Å². The number of nitro benzene ring substituents is 1. The standard InChI is InChI=1S/C12H11N3O5S/c1-8-2-3-9(15(17)18)6-10(8)14-21(19,20)12-7-13-5-4-11(12)16/h2-7,14H,1H3,(H,13,16). The normalized spacial score (nSPS) is 11.1. The first-order valence-electron chi connectivity index (χ1n) is 5.76. The molecule has 21 heavy (non-hydrogen) atoms. The molecule has 0 unspecified atom stereocenters. The molecule has 9 heteroatoms. The fourth-order valence-electron chi connectivity index (χ4n) is 1.64. The van der Waals surface area contributed by atoms with Gasteiger partial charge in [-0.2, -0.15) is 0 Å². The number of pyridine rings is 1. The lowest BCUT2D eigenvalue weighted by Crippen LogP contribution is -2.21. The van der Waals surface area contributed by atoms with E-state index in [0.717, 1.165) is 18.3 Å². The van der Waals surface area contributed by atoms with Gasteiger partial charge in [0.25, 0.3) is 15.7 Å². The quantitative estimate of drug-likeness (QED) is 0.652. The van der Waals surface area contributed by atoms with Crippen molar-refractivity contribution in [2.75, 3.05) is 4.72 Å². The highest BCUT2D eigenvalue weighted by Gasteiger charge is 2.20. The van der Waals surface area contributed by atoms with Crippen molar-refractivity contribution in [3.05, 3.63) is 62.6 Å². The van der Waals surface area contributed by atoms with E-state index in [0.29, 0.717) is 5.56 Å². The number of sulfonamides is 1. The van der Waals surface area contributed by atoms with E-state index in [9.17, 15) is 23.3 Å². The topological polar surface area (TPSA) is 122 Å². The first-order chi connectivity index (χ1) is 9.81. The summed E-state index contributed by atoms with van der Waals surface area (Å²) in [7, 11) is -4.13. The van der Waals surface area contributed by atoms with Gasteiger partial charge in [0.05, 0.1) is 10.6 Å². The zero-order chi connectivity index (χ0) is 15.6. The Labute approximate surface area is 119 Å². The maximum absolute atomic E-state index is 12.2. The van der Waals surface area contributed by atoms with Crippen molar-refractivity contribution in [1.82, 2.24) is 4.98 Å². The molecule has 0 atom stereocenters. The molecule has 0 amide bonds. The predicted octanol–water partition coefficient (Wildman–Crippen LogP) is 1.39. The van der Waals surface area contributed by atoms with E-state index in [4.69, 9.17) is 0 Å². The smallest absolute Gasteiger partial charge is 0.271 e. The van der Waals surface area contributed by atoms with Gasteiger partial charge in [-0.3, -0.25) is 19.6 Å². The molecule has 0 saturated carbocycles. The van der Waals surface area contributed by atoms with Gasteiger partial charge in [0, 0.05) is 30.6 Å². The van der Waals surface area contributed by atoms with Gasteiger partial charge in [0.1, 0.15) is 0 Å². The van der Waals surface area contributed by atoms with Gasteiger partial charge in [-0.1, -0.05) is 6.07 Å². The number of aryl methyl sites for hydroxylation is 1. The highest BCUT2D eigenvalue weighted by Crippen LogP contribution is 2.23. The molecule has 1 aromatic heterocycles. The molecule has 0 fully saturated rings. The number of nitrogens with one attached hydrogen (secondary N) is 2. The van der Waals surface area contributed by atoms with Crippen molar-refractivity contribution in [2.45, 2.75) is 11.8 Å². The van der Waals surface area contributed by atoms with Crippen LogP contribution in [-0.4, -0.2) is 18.3 Å². The second-order valence-electron chi connectivity index (χ2n) is 4.23. The highest BCUT2D eigenvalue weighted by atomic mass is 32.2. The molecule has 2 N–H and O–H groups in total. The minimum absolute atomic E-state index is 0.0486. The summed E-state index contributed by atoms with van der Waals surface area (Å²) >= 11 is 0. The van der Waals surface area contributed by atoms with Crippen LogP contribution in [0.5, 0.6) is 0 Å². The van der Waals surface area contributed by atoms with Crippen LogP contribution < -0.4 is 10.2 Å². The van der Waals surface area contributed by atoms with E-state index in [1.165, 1.54) is 18.3 Å². The third-order valence-electron chi connectivity index (χ3n) is 2.75. The summed E-state index contributed by atoms with van der Waals surface area (Å²) in [6.45, 7) is 1.59. The number of H-pyrrole nitrogens is 1. The van der Waals surface area contributed by atoms with E-state index in [2.05, 4.69) is 9.71 Å². The number of rotatable bonds is 4. The lowest BCUT2D eigenvalue weighted by Gasteiger charge is -2.09. The van der Waals surface area contributed by atoms with E-state index in [1.54, 1.807) is 6.92 Å². The fourth-order valence-corrected chi connectivity index (χ4v) is 2.82. The molecule has 0 spiro atoms. The molecular weight excluding hydrogens is 298 g/mol. The lowest BCUT2D eigenvalue weighted by atomic mass is 10.2. The number of nitro groups is 1. The van der Waals surface area contributed by atoms with Crippen molar-refractivity contribution in [1.29, 1.82) is 0 Å². The second kappa shape index (κ2) is 5.37. The summed E-state index contributed by atoms with van der Waals surface area (Å²) in [5.41, 5.74) is -0.381. The third-order valence-corrected chi connectivity index (χ3v) is 4.14. The monoisotopic (exact) mass is 309 g/mol. The summed E-state index contributed by atoms with van der Waals surface area (Å²) in [5.74, 6) is 0. The molecule has 0 saturated heterocycles. The summed E-state index contributed by atoms with van der Waals surface area (Å²) in [4.78, 5) is 23.7. The molecule has 0 radical (unpaired) electrons. The molecule has 0 aliphatic carbocycles. The Hall–Kier alpha value is -2.68. The number of hydrogen-bond acceptors (Lipinski definition) is 5. The van der Waals surface area contributed by atoms with Crippen LogP contribution in [-0.2, 0) is 10.0 Å². The average molecular weight is 309 g/mol. The molecule has 2 aromatic rings. The van der Waals surface area contributed by atoms with Gasteiger partial charge in [-0.15, -0.1) is 0 Å². The lowest BCUT2D eigenvalue weighted by molar-refractivity contribution is -0.384. The zero-order valence-electron chi connectivity index (χ0n) is 10.9. The predicted molar refractivity (Wildman–Crippen MR) is 75.7 cm³/mol. The Morgan fingerprint density at radius 2 is 2.00 bits per heavy atom. The Balaban J connectivity index is 2.47. The summed E-state index contributed by atoms with van der Waals surface area (Å²) in [6, 6.07) is 4.87. The largest absolute Gasteiger partial charge is 0.366 e. The summed E-state index contributed by atoms with van der Waals surface area (Å²) < 4.78 is 26.5. The Morgan fingerprint density at radius 1 is 1.29 bits per heavy atom. The van der Waals surface area contributed by atoms with Gasteiger partial charge in [-0.25, -0.2) is 8.42 Å². The van der Waals surface area contributed by atoms with E-state index in [1.807, 2.05) is 0 Å². The molecular formula is C12H11N3O5S. The van der Waals surface area contributed by atoms with Crippen molar-refractivity contribution < 1.29 is 13.3 Å². The summed E-state index contributed by atoms with van der Waals surface area (Å²) in [5, 5.41) is 10.7. The number of aromatic amines is 1. The second-order valence-corrected chi connectivity index (χ2v) is 5.89. The average Bonchev–Trinajstić information content (AvgIpc) is 2.41. The van der Waals surface area contributed by atoms with Crippen molar-refractivity contribution in [2.24, 2.45) is 0 Å². The van der Waals surface area contributed by atoms with Gasteiger partial charge < -0.3 is 4.98 Å². The zero-order valence-corrected chi connectivity index (χ0v) is 11.7. The molecule has 1 heterocycles. The maximum atomic E-state index is 12.2. The van der Waals surface area contributed by atoms with Crippen LogP contribution >= 0.6 is 0 Å². The number of benzene rings is 1. The molecule has 1 aromatic carbocycles. The number of non-ortho nitro benzene ring substituents is 1. The SMILES string of the molecule is Cc1ccc([N+](=O)[O-])cc1NS(=O)(=O)c1c[nH]ccc1=O. The number of aromatic nitrogens is 1. The van der Waals surface area contributed by atoms with E-state index < -0.39 is 25.3 Å². The molecule has 0 bridgehead atoms. The molecule has 8 nitrogen and oxygen atoms in total. The molecule has 110 valence electrons. The number of hydrogen-bond donors (Lipinski definition) is 2. The Bertz CT molecular complexity index is 857. The minimum Gasteiger partial charge on any atom is -0.366 e. The Kier molecular flexibility index (Phi) is 3.76. The van der Waals surface area contributed by atoms with Crippen LogP contribution in [0.3, 0.4) is 0 Å². The van der Waals surface area contributed by atoms with Crippen LogP contribution in [0.15, 0.2) is 46.3 Å². The van der Waals surface area contributed by atoms with Crippen LogP contribution in [0.4, 0.5) is 11.4 Å². The van der Waals surface area contributed by atoms with Gasteiger partial charge in [0.15, 0.2) is 4.90 Å². The Morgan fingerprint density at radius 3 is 2.62 bits per heavy atom. The first kappa shape index (κ1) is 14.7. The minimum atomic E-state index is -4.13.